The Kier molecular flexibility index (Phi) is 5.25. The lowest BCUT2D eigenvalue weighted by atomic mass is 10.7. The Hall–Kier alpha value is 0.650. The molecule has 7 heavy (non-hydrogen) atoms. The van der Waals surface area contributed by atoms with Crippen LogP contribution < -0.4 is 10.6 Å². The predicted molar refractivity (Wildman–Crippen MR) is 40.5 cm³/mol. The smallest absolute Gasteiger partial charge is 0.111 e. The van der Waals surface area contributed by atoms with Crippen molar-refractivity contribution in [3.8, 4) is 0 Å². The number of nitrogens with one attached hydrogen (secondary N) is 2. The van der Waals surface area contributed by atoms with Gasteiger partial charge < -0.3 is 0 Å². The Balaban J connectivity index is 2.83. The molecule has 0 aromatic carbocycles. The summed E-state index contributed by atoms with van der Waals surface area (Å²) < 4.78 is 0.419. The molecule has 1 atom stereocenters. The zero-order valence-corrected chi connectivity index (χ0v) is 6.82. The third-order valence-electron chi connectivity index (χ3n) is 0.637. The summed E-state index contributed by atoms with van der Waals surface area (Å²) in [6.07, 6.45) is 0. The van der Waals surface area contributed by atoms with E-state index in [1.165, 1.54) is 0 Å². The molecule has 0 spiro atoms. The highest BCUT2D eigenvalue weighted by Crippen LogP contribution is 1.85. The molecular weight excluding hydrogens is 203 g/mol. The molecule has 0 aliphatic heterocycles. The molecule has 0 aromatic heterocycles. The zero-order valence-electron chi connectivity index (χ0n) is 4.66. The van der Waals surface area contributed by atoms with Gasteiger partial charge in [-0.25, -0.2) is 0 Å². The molecule has 44 valence electrons. The van der Waals surface area contributed by atoms with Crippen molar-refractivity contribution < 1.29 is 0 Å². The van der Waals surface area contributed by atoms with E-state index in [1.807, 2.05) is 7.05 Å². The first-order valence-electron chi connectivity index (χ1n) is 2.36. The maximum absolute atomic E-state index is 3.17. The van der Waals surface area contributed by atoms with Crippen LogP contribution in [0.3, 0.4) is 0 Å². The first-order valence-corrected chi connectivity index (χ1v) is 3.60. The third kappa shape index (κ3) is 4.50. The van der Waals surface area contributed by atoms with Gasteiger partial charge in [-0.05, 0) is 36.2 Å². The number of hydrogen-bond acceptors (Lipinski definition) is 2. The lowest BCUT2D eigenvalue weighted by Crippen LogP contribution is -2.33. The minimum absolute atomic E-state index is 0.419. The van der Waals surface area contributed by atoms with Gasteiger partial charge in [0.1, 0.15) is 4.17 Å². The van der Waals surface area contributed by atoms with Crippen LogP contribution >= 0.6 is 22.6 Å². The monoisotopic (exact) mass is 214 g/mol. The third-order valence-corrected chi connectivity index (χ3v) is 1.70. The van der Waals surface area contributed by atoms with Gasteiger partial charge >= 0.3 is 0 Å². The van der Waals surface area contributed by atoms with Crippen LogP contribution in [0.5, 0.6) is 0 Å². The fourth-order valence-corrected chi connectivity index (χ4v) is 0.722. The summed E-state index contributed by atoms with van der Waals surface area (Å²) in [5, 5.41) is 6.21. The number of halogens is 1. The maximum atomic E-state index is 3.17. The highest BCUT2D eigenvalue weighted by molar-refractivity contribution is 14.1. The second-order valence-electron chi connectivity index (χ2n) is 1.21. The molecule has 0 saturated heterocycles. The number of rotatable bonds is 3. The van der Waals surface area contributed by atoms with Crippen LogP contribution in [0.25, 0.3) is 0 Å². The van der Waals surface area contributed by atoms with Crippen molar-refractivity contribution in [2.75, 3.05) is 13.6 Å². The molecule has 0 radical (unpaired) electrons. The van der Waals surface area contributed by atoms with Gasteiger partial charge in [-0.1, -0.05) is 6.92 Å². The van der Waals surface area contributed by atoms with Crippen LogP contribution in [0.4, 0.5) is 0 Å². The van der Waals surface area contributed by atoms with Gasteiger partial charge in [-0.2, -0.15) is 0 Å². The van der Waals surface area contributed by atoms with Gasteiger partial charge in [0, 0.05) is 0 Å². The molecule has 3 heteroatoms. The highest BCUT2D eigenvalue weighted by Gasteiger charge is 1.90. The van der Waals surface area contributed by atoms with Gasteiger partial charge in [0.2, 0.25) is 0 Å². The summed E-state index contributed by atoms with van der Waals surface area (Å²) >= 11 is 2.28. The van der Waals surface area contributed by atoms with Crippen LogP contribution in [-0.4, -0.2) is 17.8 Å². The van der Waals surface area contributed by atoms with Crippen molar-refractivity contribution in [3.05, 3.63) is 0 Å². The first kappa shape index (κ1) is 7.65. The molecule has 0 fully saturated rings. The van der Waals surface area contributed by atoms with Crippen molar-refractivity contribution in [3.63, 3.8) is 0 Å². The Morgan fingerprint density at radius 1 is 1.71 bits per heavy atom. The molecule has 0 aromatic rings. The van der Waals surface area contributed by atoms with Gasteiger partial charge in [0.05, 0.1) is 0 Å². The summed E-state index contributed by atoms with van der Waals surface area (Å²) in [5.41, 5.74) is 0. The molecule has 0 bridgehead atoms. The molecule has 2 N–H and O–H groups in total. The Morgan fingerprint density at radius 3 is 2.43 bits per heavy atom. The normalized spacial score (nSPS) is 14.1. The van der Waals surface area contributed by atoms with Gasteiger partial charge in [-0.15, -0.1) is 0 Å². The second-order valence-corrected chi connectivity index (χ2v) is 2.45. The largest absolute Gasteiger partial charge is 0.297 e. The minimum Gasteiger partial charge on any atom is -0.297 e. The molecular formula is C4H11IN2. The van der Waals surface area contributed by atoms with E-state index in [0.717, 1.165) is 6.54 Å². The molecule has 0 saturated carbocycles. The van der Waals surface area contributed by atoms with Crippen molar-refractivity contribution in [1.82, 2.24) is 10.6 Å². The fourth-order valence-electron chi connectivity index (χ4n) is 0.281. The molecule has 0 amide bonds. The summed E-state index contributed by atoms with van der Waals surface area (Å²) in [4.78, 5) is 0. The van der Waals surface area contributed by atoms with E-state index in [1.54, 1.807) is 0 Å². The SMILES string of the molecule is CCNC(I)NC. The maximum Gasteiger partial charge on any atom is 0.111 e. The average molecular weight is 214 g/mol. The van der Waals surface area contributed by atoms with Gasteiger partial charge in [0.25, 0.3) is 0 Å². The average Bonchev–Trinajstić information content (AvgIpc) is 1.68. The predicted octanol–water partition coefficient (Wildman–Crippen LogP) is 0.534. The van der Waals surface area contributed by atoms with E-state index in [2.05, 4.69) is 40.1 Å². The number of hydrogen-bond donors (Lipinski definition) is 2. The lowest BCUT2D eigenvalue weighted by molar-refractivity contribution is 0.631. The zero-order chi connectivity index (χ0) is 5.70. The van der Waals surface area contributed by atoms with E-state index in [0.29, 0.717) is 4.17 Å². The van der Waals surface area contributed by atoms with Crippen molar-refractivity contribution in [2.45, 2.75) is 11.1 Å². The van der Waals surface area contributed by atoms with Crippen molar-refractivity contribution in [2.24, 2.45) is 0 Å². The molecule has 0 rings (SSSR count). The van der Waals surface area contributed by atoms with Crippen LogP contribution in [0.15, 0.2) is 0 Å². The molecule has 2 nitrogen and oxygen atoms in total. The van der Waals surface area contributed by atoms with Gasteiger partial charge in [-0.3, -0.25) is 10.6 Å². The molecule has 0 aliphatic carbocycles. The van der Waals surface area contributed by atoms with Crippen molar-refractivity contribution >= 4 is 22.6 Å². The van der Waals surface area contributed by atoms with Crippen LogP contribution in [0.2, 0.25) is 0 Å². The Morgan fingerprint density at radius 2 is 2.29 bits per heavy atom. The van der Waals surface area contributed by atoms with E-state index in [-0.39, 0.29) is 0 Å². The second kappa shape index (κ2) is 4.80. The summed E-state index contributed by atoms with van der Waals surface area (Å²) in [6.45, 7) is 3.11. The number of alkyl halides is 1. The van der Waals surface area contributed by atoms with Crippen LogP contribution in [0.1, 0.15) is 6.92 Å². The summed E-state index contributed by atoms with van der Waals surface area (Å²) in [7, 11) is 1.93. The molecule has 1 unspecified atom stereocenters. The quantitative estimate of drug-likeness (QED) is 0.310. The van der Waals surface area contributed by atoms with E-state index < -0.39 is 0 Å². The van der Waals surface area contributed by atoms with Crippen LogP contribution in [-0.2, 0) is 0 Å². The summed E-state index contributed by atoms with van der Waals surface area (Å²) in [6, 6.07) is 0. The van der Waals surface area contributed by atoms with Gasteiger partial charge in [0.15, 0.2) is 0 Å². The standard InChI is InChI=1S/C4H11IN2/c1-3-7-4(5)6-2/h4,6-7H,3H2,1-2H3. The van der Waals surface area contributed by atoms with Crippen LogP contribution in [0, 0.1) is 0 Å². The topological polar surface area (TPSA) is 24.1 Å². The molecule has 0 aliphatic rings. The van der Waals surface area contributed by atoms with E-state index in [4.69, 9.17) is 0 Å². The fraction of sp³-hybridized carbons (Fsp3) is 1.00. The Labute approximate surface area is 58.2 Å². The van der Waals surface area contributed by atoms with Crippen molar-refractivity contribution in [1.29, 1.82) is 0 Å². The highest BCUT2D eigenvalue weighted by atomic mass is 127. The Bertz CT molecular complexity index is 40.7. The summed E-state index contributed by atoms with van der Waals surface area (Å²) in [5.74, 6) is 0. The van der Waals surface area contributed by atoms with E-state index >= 15 is 0 Å². The van der Waals surface area contributed by atoms with E-state index in [9.17, 15) is 0 Å². The minimum atomic E-state index is 0.419. The lowest BCUT2D eigenvalue weighted by Gasteiger charge is -2.06. The molecule has 0 heterocycles. The first-order chi connectivity index (χ1) is 3.31.